The number of imidazole rings is 1. The quantitative estimate of drug-likeness (QED) is 0.849. The minimum atomic E-state index is -0.927. The molecule has 1 atom stereocenters. The Morgan fingerprint density at radius 3 is 2.95 bits per heavy atom. The highest BCUT2D eigenvalue weighted by Crippen LogP contribution is 2.29. The summed E-state index contributed by atoms with van der Waals surface area (Å²) in [6.07, 6.45) is 1.93. The van der Waals surface area contributed by atoms with Crippen molar-refractivity contribution >= 4 is 5.97 Å². The first-order chi connectivity index (χ1) is 10.5. The molecule has 0 unspecified atom stereocenters. The van der Waals surface area contributed by atoms with Gasteiger partial charge in [0.1, 0.15) is 11.9 Å². The molecule has 0 saturated heterocycles. The van der Waals surface area contributed by atoms with Crippen molar-refractivity contribution in [1.82, 2.24) is 9.55 Å². The van der Waals surface area contributed by atoms with Crippen LogP contribution in [0.2, 0.25) is 0 Å². The largest absolute Gasteiger partial charge is 0.452 e. The summed E-state index contributed by atoms with van der Waals surface area (Å²) in [5.41, 5.74) is 2.21. The summed E-state index contributed by atoms with van der Waals surface area (Å²) in [6, 6.07) is 7.42. The van der Waals surface area contributed by atoms with E-state index >= 15 is 0 Å². The molecule has 2 aromatic rings. The van der Waals surface area contributed by atoms with Crippen LogP contribution >= 0.6 is 0 Å². The average molecular weight is 297 g/mol. The molecule has 1 N–H and O–H groups in total. The third-order valence-electron chi connectivity index (χ3n) is 3.86. The van der Waals surface area contributed by atoms with Crippen molar-refractivity contribution in [3.05, 3.63) is 47.0 Å². The molecule has 0 saturated carbocycles. The Morgan fingerprint density at radius 1 is 1.55 bits per heavy atom. The Balaban J connectivity index is 2.08. The number of aromatic nitrogens is 2. The molecule has 112 valence electrons. The van der Waals surface area contributed by atoms with Gasteiger partial charge in [-0.25, -0.2) is 9.78 Å². The Kier molecular flexibility index (Phi) is 3.23. The molecule has 0 bridgehead atoms. The normalized spacial score (nSPS) is 20.2. The number of rotatable bonds is 2. The maximum atomic E-state index is 12.3. The predicted molar refractivity (Wildman–Crippen MR) is 77.6 cm³/mol. The highest BCUT2D eigenvalue weighted by atomic mass is 16.6. The summed E-state index contributed by atoms with van der Waals surface area (Å²) < 4.78 is 7.00. The molecule has 3 rings (SSSR count). The number of fused-ring (bicyclic) bond motifs is 1. The van der Waals surface area contributed by atoms with Gasteiger partial charge in [-0.3, -0.25) is 4.57 Å². The third-order valence-corrected chi connectivity index (χ3v) is 3.86. The van der Waals surface area contributed by atoms with Gasteiger partial charge in [-0.15, -0.1) is 0 Å². The standard InChI is InChI=1S/C16H15N3O3/c1-10-5-12(4-3-11(10)7-17)19-9-18-13-6-16(2,8-20)22-15(21)14(13)19/h3-5,9,20H,6,8H2,1-2H3/t16-/m1/s1. The van der Waals surface area contributed by atoms with Crippen molar-refractivity contribution < 1.29 is 14.6 Å². The maximum absolute atomic E-state index is 12.3. The number of aliphatic hydroxyl groups excluding tert-OH is 1. The summed E-state index contributed by atoms with van der Waals surface area (Å²) in [4.78, 5) is 16.6. The summed E-state index contributed by atoms with van der Waals surface area (Å²) in [6.45, 7) is 3.27. The van der Waals surface area contributed by atoms with Crippen LogP contribution in [-0.2, 0) is 11.2 Å². The van der Waals surface area contributed by atoms with Crippen LogP contribution in [0.4, 0.5) is 0 Å². The van der Waals surface area contributed by atoms with Crippen molar-refractivity contribution in [3.8, 4) is 11.8 Å². The lowest BCUT2D eigenvalue weighted by molar-refractivity contribution is -0.0434. The lowest BCUT2D eigenvalue weighted by Gasteiger charge is -2.31. The van der Waals surface area contributed by atoms with Gasteiger partial charge < -0.3 is 9.84 Å². The Labute approximate surface area is 127 Å². The number of hydrogen-bond acceptors (Lipinski definition) is 5. The Morgan fingerprint density at radius 2 is 2.32 bits per heavy atom. The number of nitrogens with zero attached hydrogens (tertiary/aromatic N) is 3. The fraction of sp³-hybridized carbons (Fsp3) is 0.312. The van der Waals surface area contributed by atoms with E-state index in [4.69, 9.17) is 10.00 Å². The van der Waals surface area contributed by atoms with Gasteiger partial charge in [0.25, 0.3) is 0 Å². The number of nitriles is 1. The fourth-order valence-corrected chi connectivity index (χ4v) is 2.60. The number of ether oxygens (including phenoxy) is 1. The van der Waals surface area contributed by atoms with Crippen LogP contribution < -0.4 is 0 Å². The number of cyclic esters (lactones) is 1. The van der Waals surface area contributed by atoms with Crippen LogP contribution in [0.1, 0.15) is 34.2 Å². The highest BCUT2D eigenvalue weighted by Gasteiger charge is 2.39. The predicted octanol–water partition coefficient (Wildman–Crippen LogP) is 1.52. The number of aliphatic hydroxyl groups is 1. The minimum Gasteiger partial charge on any atom is -0.452 e. The number of esters is 1. The second-order valence-electron chi connectivity index (χ2n) is 5.70. The zero-order valence-electron chi connectivity index (χ0n) is 12.3. The van der Waals surface area contributed by atoms with Crippen LogP contribution in [0, 0.1) is 18.3 Å². The minimum absolute atomic E-state index is 0.249. The van der Waals surface area contributed by atoms with Crippen LogP contribution in [0.5, 0.6) is 0 Å². The van der Waals surface area contributed by atoms with Crippen LogP contribution in [0.3, 0.4) is 0 Å². The molecule has 2 heterocycles. The summed E-state index contributed by atoms with van der Waals surface area (Å²) in [5, 5.41) is 18.4. The van der Waals surface area contributed by atoms with Crippen molar-refractivity contribution in [2.24, 2.45) is 0 Å². The lowest BCUT2D eigenvalue weighted by Crippen LogP contribution is -2.42. The molecular formula is C16H15N3O3. The van der Waals surface area contributed by atoms with Gasteiger partial charge in [0.05, 0.1) is 23.9 Å². The monoisotopic (exact) mass is 297 g/mol. The van der Waals surface area contributed by atoms with E-state index in [-0.39, 0.29) is 6.61 Å². The SMILES string of the molecule is Cc1cc(-n2cnc3c2C(=O)O[C@@](C)(CO)C3)ccc1C#N. The zero-order valence-corrected chi connectivity index (χ0v) is 12.3. The third kappa shape index (κ3) is 2.16. The molecule has 6 nitrogen and oxygen atoms in total. The van der Waals surface area contributed by atoms with E-state index in [1.807, 2.05) is 13.0 Å². The molecule has 0 aliphatic carbocycles. The van der Waals surface area contributed by atoms with Gasteiger partial charge in [0.15, 0.2) is 5.69 Å². The first-order valence-electron chi connectivity index (χ1n) is 6.89. The molecule has 6 heteroatoms. The van der Waals surface area contributed by atoms with Crippen LogP contribution in [0.15, 0.2) is 24.5 Å². The highest BCUT2D eigenvalue weighted by molar-refractivity contribution is 5.91. The molecule has 22 heavy (non-hydrogen) atoms. The summed E-state index contributed by atoms with van der Waals surface area (Å²) >= 11 is 0. The van der Waals surface area contributed by atoms with Crippen molar-refractivity contribution in [3.63, 3.8) is 0 Å². The zero-order chi connectivity index (χ0) is 15.9. The topological polar surface area (TPSA) is 88.1 Å². The second-order valence-corrected chi connectivity index (χ2v) is 5.70. The van der Waals surface area contributed by atoms with E-state index < -0.39 is 11.6 Å². The molecule has 0 amide bonds. The number of aryl methyl sites for hydroxylation is 1. The molecule has 1 aliphatic heterocycles. The number of carbonyl (C=O) groups excluding carboxylic acids is 1. The molecule has 1 aromatic carbocycles. The van der Waals surface area contributed by atoms with Gasteiger partial charge in [0.2, 0.25) is 0 Å². The molecule has 0 fully saturated rings. The molecule has 1 aromatic heterocycles. The average Bonchev–Trinajstić information content (AvgIpc) is 2.91. The van der Waals surface area contributed by atoms with Crippen molar-refractivity contribution in [1.29, 1.82) is 5.26 Å². The molecule has 0 radical (unpaired) electrons. The van der Waals surface area contributed by atoms with Crippen LogP contribution in [0.25, 0.3) is 5.69 Å². The van der Waals surface area contributed by atoms with E-state index in [0.717, 1.165) is 11.3 Å². The van der Waals surface area contributed by atoms with E-state index in [1.165, 1.54) is 0 Å². The van der Waals surface area contributed by atoms with Gasteiger partial charge in [-0.1, -0.05) is 0 Å². The first kappa shape index (κ1) is 14.3. The summed E-state index contributed by atoms with van der Waals surface area (Å²) in [5.74, 6) is -0.502. The van der Waals surface area contributed by atoms with E-state index in [9.17, 15) is 9.90 Å². The molecule has 1 aliphatic rings. The Bertz CT molecular complexity index is 803. The fourth-order valence-electron chi connectivity index (χ4n) is 2.60. The van der Waals surface area contributed by atoms with Crippen molar-refractivity contribution in [2.75, 3.05) is 6.61 Å². The molecule has 0 spiro atoms. The van der Waals surface area contributed by atoms with Gasteiger partial charge in [0, 0.05) is 12.1 Å². The van der Waals surface area contributed by atoms with E-state index in [0.29, 0.717) is 23.4 Å². The Hall–Kier alpha value is -2.65. The first-order valence-corrected chi connectivity index (χ1v) is 6.89. The van der Waals surface area contributed by atoms with Crippen molar-refractivity contribution in [2.45, 2.75) is 25.9 Å². The second kappa shape index (κ2) is 4.97. The maximum Gasteiger partial charge on any atom is 0.357 e. The van der Waals surface area contributed by atoms with Gasteiger partial charge >= 0.3 is 5.97 Å². The van der Waals surface area contributed by atoms with E-state index in [2.05, 4.69) is 11.1 Å². The van der Waals surface area contributed by atoms with E-state index in [1.54, 1.807) is 30.0 Å². The van der Waals surface area contributed by atoms with Crippen LogP contribution in [-0.4, -0.2) is 32.8 Å². The number of hydrogen-bond donors (Lipinski definition) is 1. The lowest BCUT2D eigenvalue weighted by atomic mass is 9.97. The molecular weight excluding hydrogens is 282 g/mol. The van der Waals surface area contributed by atoms with Gasteiger partial charge in [-0.05, 0) is 37.6 Å². The summed E-state index contributed by atoms with van der Waals surface area (Å²) in [7, 11) is 0. The smallest absolute Gasteiger partial charge is 0.357 e. The number of benzene rings is 1. The number of carbonyl (C=O) groups is 1. The van der Waals surface area contributed by atoms with Gasteiger partial charge in [-0.2, -0.15) is 5.26 Å².